The lowest BCUT2D eigenvalue weighted by molar-refractivity contribution is 0.598. The molecule has 0 fully saturated rings. The van der Waals surface area contributed by atoms with E-state index in [9.17, 15) is 18.0 Å². The first-order valence-corrected chi connectivity index (χ1v) is 6.57. The van der Waals surface area contributed by atoms with Gasteiger partial charge in [0.05, 0.1) is 0 Å². The van der Waals surface area contributed by atoms with Crippen LogP contribution < -0.4 is 16.0 Å². The molecule has 0 aliphatic rings. The quantitative estimate of drug-likeness (QED) is 0.686. The number of rotatable bonds is 3. The van der Waals surface area contributed by atoms with E-state index in [0.29, 0.717) is 0 Å². The van der Waals surface area contributed by atoms with Crippen molar-refractivity contribution in [1.29, 1.82) is 0 Å². The second-order valence-corrected chi connectivity index (χ2v) is 5.25. The molecule has 100 valence electrons. The number of nitrogens with zero attached hydrogens (tertiary/aromatic N) is 2. The van der Waals surface area contributed by atoms with Crippen molar-refractivity contribution in [2.75, 3.05) is 4.72 Å². The number of H-pyrrole nitrogens is 2. The largest absolute Gasteiger partial charge is 0.325 e. The molecule has 19 heavy (non-hydrogen) atoms. The Kier molecular flexibility index (Phi) is 3.36. The molecule has 0 bridgehead atoms. The molecule has 2 aromatic heterocycles. The highest BCUT2D eigenvalue weighted by atomic mass is 35.5. The van der Waals surface area contributed by atoms with Crippen molar-refractivity contribution in [3.8, 4) is 0 Å². The van der Waals surface area contributed by atoms with Crippen molar-refractivity contribution in [3.63, 3.8) is 0 Å². The summed E-state index contributed by atoms with van der Waals surface area (Å²) in [4.78, 5) is 32.7. The van der Waals surface area contributed by atoms with Crippen LogP contribution in [0, 0.1) is 0 Å². The van der Waals surface area contributed by atoms with Crippen molar-refractivity contribution in [1.82, 2.24) is 19.9 Å². The molecule has 0 aromatic carbocycles. The van der Waals surface area contributed by atoms with Gasteiger partial charge in [-0.2, -0.15) is 0 Å². The third kappa shape index (κ3) is 2.80. The van der Waals surface area contributed by atoms with Gasteiger partial charge in [0.15, 0.2) is 15.9 Å². The average molecular weight is 304 g/mol. The summed E-state index contributed by atoms with van der Waals surface area (Å²) >= 11 is 5.64. The molecule has 11 heteroatoms. The van der Waals surface area contributed by atoms with Crippen molar-refractivity contribution in [2.24, 2.45) is 0 Å². The molecule has 3 N–H and O–H groups in total. The monoisotopic (exact) mass is 303 g/mol. The van der Waals surface area contributed by atoms with E-state index < -0.39 is 26.2 Å². The third-order valence-corrected chi connectivity index (χ3v) is 3.58. The van der Waals surface area contributed by atoms with Crippen LogP contribution in [0.2, 0.25) is 5.15 Å². The van der Waals surface area contributed by atoms with Crippen molar-refractivity contribution >= 4 is 27.4 Å². The van der Waals surface area contributed by atoms with E-state index in [1.807, 2.05) is 9.71 Å². The smallest absolute Gasteiger partial charge is 0.313 e. The van der Waals surface area contributed by atoms with Crippen LogP contribution in [0.15, 0.2) is 33.1 Å². The fourth-order valence-electron chi connectivity index (χ4n) is 1.17. The summed E-state index contributed by atoms with van der Waals surface area (Å²) in [5.41, 5.74) is -1.88. The second-order valence-electron chi connectivity index (χ2n) is 3.24. The third-order valence-electron chi connectivity index (χ3n) is 1.96. The van der Waals surface area contributed by atoms with Crippen LogP contribution in [-0.4, -0.2) is 28.4 Å². The number of aromatic nitrogens is 4. The van der Waals surface area contributed by atoms with Crippen LogP contribution in [0.4, 0.5) is 5.82 Å². The van der Waals surface area contributed by atoms with Gasteiger partial charge in [-0.1, -0.05) is 11.6 Å². The first-order chi connectivity index (χ1) is 8.90. The standard InChI is InChI=1S/C8H6ClN5O4S/c9-5-6(11-2-1-10-5)14-19(17,18)4-3-12-8(16)13-7(4)15/h1-3H,(H,11,14)(H2,12,13,15,16). The summed E-state index contributed by atoms with van der Waals surface area (Å²) in [6.45, 7) is 0. The molecule has 0 saturated heterocycles. The van der Waals surface area contributed by atoms with Gasteiger partial charge in [-0.15, -0.1) is 0 Å². The minimum absolute atomic E-state index is 0.174. The Balaban J connectivity index is 2.47. The summed E-state index contributed by atoms with van der Waals surface area (Å²) in [5.74, 6) is -0.227. The zero-order chi connectivity index (χ0) is 14.0. The second kappa shape index (κ2) is 4.82. The number of nitrogens with one attached hydrogen (secondary N) is 3. The number of sulfonamides is 1. The van der Waals surface area contributed by atoms with E-state index in [1.165, 1.54) is 12.4 Å². The fraction of sp³-hybridized carbons (Fsp3) is 0. The molecule has 0 aliphatic carbocycles. The van der Waals surface area contributed by atoms with E-state index in [0.717, 1.165) is 6.20 Å². The Morgan fingerprint density at radius 1 is 1.21 bits per heavy atom. The molecule has 2 heterocycles. The lowest BCUT2D eigenvalue weighted by Crippen LogP contribution is -2.29. The van der Waals surface area contributed by atoms with Gasteiger partial charge in [-0.05, 0) is 0 Å². The normalized spacial score (nSPS) is 11.2. The molecule has 0 atom stereocenters. The van der Waals surface area contributed by atoms with E-state index in [1.54, 1.807) is 4.98 Å². The van der Waals surface area contributed by atoms with Crippen molar-refractivity contribution < 1.29 is 8.42 Å². The number of hydrogen-bond acceptors (Lipinski definition) is 6. The first kappa shape index (κ1) is 13.2. The summed E-state index contributed by atoms with van der Waals surface area (Å²) in [6.07, 6.45) is 3.27. The highest BCUT2D eigenvalue weighted by Gasteiger charge is 2.20. The Morgan fingerprint density at radius 2 is 1.89 bits per heavy atom. The molecule has 9 nitrogen and oxygen atoms in total. The Labute approximate surface area is 110 Å². The van der Waals surface area contributed by atoms with Gasteiger partial charge in [0.25, 0.3) is 15.6 Å². The lowest BCUT2D eigenvalue weighted by atomic mass is 10.7. The van der Waals surface area contributed by atoms with Gasteiger partial charge in [0.1, 0.15) is 0 Å². The van der Waals surface area contributed by atoms with Crippen LogP contribution in [0.5, 0.6) is 0 Å². The number of anilines is 1. The topological polar surface area (TPSA) is 138 Å². The van der Waals surface area contributed by atoms with Gasteiger partial charge in [0, 0.05) is 18.6 Å². The predicted molar refractivity (Wildman–Crippen MR) is 65.5 cm³/mol. The van der Waals surface area contributed by atoms with Gasteiger partial charge in [-0.25, -0.2) is 23.2 Å². The molecule has 0 unspecified atom stereocenters. The zero-order valence-corrected chi connectivity index (χ0v) is 10.6. The highest BCUT2D eigenvalue weighted by Crippen LogP contribution is 2.17. The van der Waals surface area contributed by atoms with Crippen LogP contribution in [0.25, 0.3) is 0 Å². The summed E-state index contributed by atoms with van der Waals surface area (Å²) < 4.78 is 25.8. The van der Waals surface area contributed by atoms with Crippen LogP contribution >= 0.6 is 11.6 Å². The molecule has 0 spiro atoms. The van der Waals surface area contributed by atoms with E-state index >= 15 is 0 Å². The maximum atomic E-state index is 11.9. The average Bonchev–Trinajstić information content (AvgIpc) is 2.31. The predicted octanol–water partition coefficient (Wildman–Crippen LogP) is -0.693. The van der Waals surface area contributed by atoms with Crippen LogP contribution in [0.1, 0.15) is 0 Å². The Morgan fingerprint density at radius 3 is 2.53 bits per heavy atom. The summed E-state index contributed by atoms with van der Waals surface area (Å²) in [6, 6.07) is 0. The maximum Gasteiger partial charge on any atom is 0.325 e. The molecular formula is C8H6ClN5O4S. The number of aromatic amines is 2. The molecule has 0 amide bonds. The Bertz CT molecular complexity index is 827. The van der Waals surface area contributed by atoms with Gasteiger partial charge in [0.2, 0.25) is 0 Å². The van der Waals surface area contributed by atoms with Crippen LogP contribution in [-0.2, 0) is 10.0 Å². The summed E-state index contributed by atoms with van der Waals surface area (Å²) in [7, 11) is -4.23. The minimum Gasteiger partial charge on any atom is -0.313 e. The minimum atomic E-state index is -4.23. The van der Waals surface area contributed by atoms with Gasteiger partial charge < -0.3 is 4.98 Å². The molecule has 0 aliphatic heterocycles. The number of halogens is 1. The van der Waals surface area contributed by atoms with Crippen molar-refractivity contribution in [3.05, 3.63) is 44.6 Å². The van der Waals surface area contributed by atoms with Gasteiger partial charge in [-0.3, -0.25) is 14.5 Å². The lowest BCUT2D eigenvalue weighted by Gasteiger charge is -2.06. The molecular weight excluding hydrogens is 298 g/mol. The fourth-order valence-corrected chi connectivity index (χ4v) is 2.40. The van der Waals surface area contributed by atoms with Gasteiger partial charge >= 0.3 is 5.69 Å². The summed E-state index contributed by atoms with van der Waals surface area (Å²) in [5, 5.41) is -0.174. The molecule has 2 rings (SSSR count). The van der Waals surface area contributed by atoms with E-state index in [2.05, 4.69) is 9.97 Å². The SMILES string of the molecule is O=c1[nH]cc(S(=O)(=O)Nc2nccnc2Cl)c(=O)[nH]1. The molecule has 2 aromatic rings. The molecule has 0 radical (unpaired) electrons. The highest BCUT2D eigenvalue weighted by molar-refractivity contribution is 7.92. The van der Waals surface area contributed by atoms with Crippen LogP contribution in [0.3, 0.4) is 0 Å². The zero-order valence-electron chi connectivity index (χ0n) is 9.05. The molecule has 0 saturated carbocycles. The maximum absolute atomic E-state index is 11.9. The first-order valence-electron chi connectivity index (χ1n) is 4.71. The Hall–Kier alpha value is -2.20. The van der Waals surface area contributed by atoms with Crippen molar-refractivity contribution in [2.45, 2.75) is 4.90 Å². The van der Waals surface area contributed by atoms with E-state index in [-0.39, 0.29) is 11.0 Å². The van der Waals surface area contributed by atoms with E-state index in [4.69, 9.17) is 11.6 Å². The number of hydrogen-bond donors (Lipinski definition) is 3.